The van der Waals surface area contributed by atoms with Crippen molar-refractivity contribution in [2.75, 3.05) is 0 Å². The summed E-state index contributed by atoms with van der Waals surface area (Å²) in [5.41, 5.74) is 3.78. The standard InChI is InChI=1S/C13H15ClN2/c1-8-6-13(2,3)12-11(8)15-10-5-4-9(14)7-16(10)12/h4-5,7-8H,6H2,1-3H3. The number of nitrogens with zero attached hydrogens (tertiary/aromatic N) is 2. The van der Waals surface area contributed by atoms with Gasteiger partial charge in [-0.05, 0) is 18.6 Å². The van der Waals surface area contributed by atoms with E-state index in [4.69, 9.17) is 16.6 Å². The molecule has 0 saturated heterocycles. The first-order valence-corrected chi connectivity index (χ1v) is 6.05. The van der Waals surface area contributed by atoms with Crippen LogP contribution in [0.5, 0.6) is 0 Å². The zero-order valence-corrected chi connectivity index (χ0v) is 10.5. The summed E-state index contributed by atoms with van der Waals surface area (Å²) in [5, 5.41) is 0.767. The van der Waals surface area contributed by atoms with Gasteiger partial charge in [0.1, 0.15) is 5.65 Å². The first-order valence-electron chi connectivity index (χ1n) is 5.67. The monoisotopic (exact) mass is 234 g/mol. The van der Waals surface area contributed by atoms with Gasteiger partial charge in [-0.25, -0.2) is 4.98 Å². The highest BCUT2D eigenvalue weighted by atomic mass is 35.5. The molecule has 0 radical (unpaired) electrons. The first-order chi connectivity index (χ1) is 7.49. The molecule has 2 aromatic heterocycles. The van der Waals surface area contributed by atoms with Gasteiger partial charge in [-0.2, -0.15) is 0 Å². The van der Waals surface area contributed by atoms with E-state index in [1.807, 2.05) is 18.3 Å². The fourth-order valence-electron chi connectivity index (χ4n) is 3.01. The maximum absolute atomic E-state index is 6.06. The van der Waals surface area contributed by atoms with Crippen molar-refractivity contribution in [1.82, 2.24) is 9.38 Å². The van der Waals surface area contributed by atoms with E-state index < -0.39 is 0 Å². The molecule has 3 rings (SSSR count). The lowest BCUT2D eigenvalue weighted by Gasteiger charge is -2.19. The molecule has 2 heterocycles. The molecule has 84 valence electrons. The number of hydrogen-bond acceptors (Lipinski definition) is 1. The minimum absolute atomic E-state index is 0.193. The molecule has 0 aliphatic heterocycles. The zero-order valence-electron chi connectivity index (χ0n) is 9.79. The highest BCUT2D eigenvalue weighted by Gasteiger charge is 2.38. The Hall–Kier alpha value is -1.02. The molecule has 0 spiro atoms. The van der Waals surface area contributed by atoms with E-state index in [9.17, 15) is 0 Å². The highest BCUT2D eigenvalue weighted by Crippen LogP contribution is 2.45. The summed E-state index contributed by atoms with van der Waals surface area (Å²) in [7, 11) is 0. The number of hydrogen-bond donors (Lipinski definition) is 0. The Morgan fingerprint density at radius 2 is 2.19 bits per heavy atom. The molecule has 0 N–H and O–H groups in total. The summed E-state index contributed by atoms with van der Waals surface area (Å²) in [6.45, 7) is 6.82. The zero-order chi connectivity index (χ0) is 11.5. The van der Waals surface area contributed by atoms with Gasteiger partial charge in [0, 0.05) is 17.5 Å². The summed E-state index contributed by atoms with van der Waals surface area (Å²) < 4.78 is 2.15. The summed E-state index contributed by atoms with van der Waals surface area (Å²) in [6.07, 6.45) is 3.14. The van der Waals surface area contributed by atoms with E-state index in [-0.39, 0.29) is 5.41 Å². The largest absolute Gasteiger partial charge is 0.302 e. The van der Waals surface area contributed by atoms with Gasteiger partial charge in [-0.15, -0.1) is 0 Å². The molecule has 3 heteroatoms. The fourth-order valence-corrected chi connectivity index (χ4v) is 3.17. The van der Waals surface area contributed by atoms with E-state index >= 15 is 0 Å². The first kappa shape index (κ1) is 10.2. The minimum Gasteiger partial charge on any atom is -0.302 e. The van der Waals surface area contributed by atoms with E-state index in [1.54, 1.807) is 0 Å². The van der Waals surface area contributed by atoms with Crippen molar-refractivity contribution in [3.8, 4) is 0 Å². The molecule has 0 amide bonds. The van der Waals surface area contributed by atoms with Crippen LogP contribution in [0.4, 0.5) is 0 Å². The molecule has 2 aromatic rings. The average Bonchev–Trinajstić information content (AvgIpc) is 2.64. The van der Waals surface area contributed by atoms with Gasteiger partial charge in [0.15, 0.2) is 0 Å². The number of fused-ring (bicyclic) bond motifs is 3. The SMILES string of the molecule is CC1CC(C)(C)c2c1nc1ccc(Cl)cn21. The number of rotatable bonds is 0. The molecule has 0 bridgehead atoms. The summed E-state index contributed by atoms with van der Waals surface area (Å²) in [5.74, 6) is 0.545. The molecule has 1 unspecified atom stereocenters. The lowest BCUT2D eigenvalue weighted by Crippen LogP contribution is -2.15. The molecule has 0 saturated carbocycles. The Kier molecular flexibility index (Phi) is 1.91. The van der Waals surface area contributed by atoms with Crippen molar-refractivity contribution in [3.05, 3.63) is 34.7 Å². The van der Waals surface area contributed by atoms with Crippen molar-refractivity contribution in [2.24, 2.45) is 0 Å². The van der Waals surface area contributed by atoms with Gasteiger partial charge in [0.25, 0.3) is 0 Å². The second-order valence-corrected chi connectivity index (χ2v) is 5.85. The van der Waals surface area contributed by atoms with E-state index in [0.29, 0.717) is 5.92 Å². The topological polar surface area (TPSA) is 17.3 Å². The minimum atomic E-state index is 0.193. The van der Waals surface area contributed by atoms with Crippen LogP contribution in [0.25, 0.3) is 5.65 Å². The number of imidazole rings is 1. The smallest absolute Gasteiger partial charge is 0.137 e. The third-order valence-corrected chi connectivity index (χ3v) is 3.76. The Labute approximate surface area is 100 Å². The molecule has 2 nitrogen and oxygen atoms in total. The molecule has 0 aromatic carbocycles. The Balaban J connectivity index is 2.39. The van der Waals surface area contributed by atoms with Crippen LogP contribution in [-0.4, -0.2) is 9.38 Å². The van der Waals surface area contributed by atoms with Gasteiger partial charge < -0.3 is 4.40 Å². The summed E-state index contributed by atoms with van der Waals surface area (Å²) in [4.78, 5) is 4.72. The van der Waals surface area contributed by atoms with Crippen LogP contribution in [-0.2, 0) is 5.41 Å². The van der Waals surface area contributed by atoms with Gasteiger partial charge in [0.2, 0.25) is 0 Å². The molecule has 16 heavy (non-hydrogen) atoms. The Morgan fingerprint density at radius 3 is 2.94 bits per heavy atom. The molecule has 1 aliphatic rings. The van der Waals surface area contributed by atoms with Crippen molar-refractivity contribution in [2.45, 2.75) is 38.5 Å². The van der Waals surface area contributed by atoms with Crippen LogP contribution in [0.3, 0.4) is 0 Å². The van der Waals surface area contributed by atoms with Crippen LogP contribution in [0.1, 0.15) is 44.5 Å². The van der Waals surface area contributed by atoms with Crippen molar-refractivity contribution in [3.63, 3.8) is 0 Å². The summed E-state index contributed by atoms with van der Waals surface area (Å²) in [6, 6.07) is 3.89. The number of pyridine rings is 1. The molecule has 0 fully saturated rings. The van der Waals surface area contributed by atoms with Gasteiger partial charge in [-0.3, -0.25) is 0 Å². The maximum Gasteiger partial charge on any atom is 0.137 e. The van der Waals surface area contributed by atoms with Crippen molar-refractivity contribution >= 4 is 17.2 Å². The maximum atomic E-state index is 6.06. The van der Waals surface area contributed by atoms with Crippen LogP contribution in [0, 0.1) is 0 Å². The molecule has 1 aliphatic carbocycles. The lowest BCUT2D eigenvalue weighted by atomic mass is 9.89. The number of aromatic nitrogens is 2. The third kappa shape index (κ3) is 1.23. The van der Waals surface area contributed by atoms with Crippen LogP contribution in [0.15, 0.2) is 18.3 Å². The molecular formula is C13H15ClN2. The quantitative estimate of drug-likeness (QED) is 0.678. The predicted octanol–water partition coefficient (Wildman–Crippen LogP) is 3.77. The van der Waals surface area contributed by atoms with Crippen LogP contribution >= 0.6 is 11.6 Å². The Morgan fingerprint density at radius 1 is 1.44 bits per heavy atom. The lowest BCUT2D eigenvalue weighted by molar-refractivity contribution is 0.473. The number of halogens is 1. The van der Waals surface area contributed by atoms with Gasteiger partial charge >= 0.3 is 0 Å². The van der Waals surface area contributed by atoms with Gasteiger partial charge in [-0.1, -0.05) is 32.4 Å². The third-order valence-electron chi connectivity index (χ3n) is 3.53. The second-order valence-electron chi connectivity index (χ2n) is 5.41. The Bertz CT molecular complexity index is 569. The van der Waals surface area contributed by atoms with Gasteiger partial charge in [0.05, 0.1) is 16.4 Å². The second kappa shape index (κ2) is 3.01. The van der Waals surface area contributed by atoms with Crippen LogP contribution < -0.4 is 0 Å². The average molecular weight is 235 g/mol. The van der Waals surface area contributed by atoms with E-state index in [2.05, 4.69) is 25.2 Å². The normalized spacial score (nSPS) is 22.6. The summed E-state index contributed by atoms with van der Waals surface area (Å²) >= 11 is 6.06. The van der Waals surface area contributed by atoms with Crippen LogP contribution in [0.2, 0.25) is 5.02 Å². The molecular weight excluding hydrogens is 220 g/mol. The predicted molar refractivity (Wildman–Crippen MR) is 66.3 cm³/mol. The fraction of sp³-hybridized carbons (Fsp3) is 0.462. The van der Waals surface area contributed by atoms with Crippen molar-refractivity contribution in [1.29, 1.82) is 0 Å². The highest BCUT2D eigenvalue weighted by molar-refractivity contribution is 6.30. The van der Waals surface area contributed by atoms with Crippen molar-refractivity contribution < 1.29 is 0 Å². The van der Waals surface area contributed by atoms with E-state index in [1.165, 1.54) is 17.8 Å². The van der Waals surface area contributed by atoms with E-state index in [0.717, 1.165) is 10.7 Å². The molecule has 1 atom stereocenters.